The molecule has 1 heterocycles. The maximum absolute atomic E-state index is 11.3. The minimum atomic E-state index is -2.84. The summed E-state index contributed by atoms with van der Waals surface area (Å²) in [6, 6.07) is 0. The molecule has 0 radical (unpaired) electrons. The molecule has 2 aliphatic rings. The van der Waals surface area contributed by atoms with Crippen molar-refractivity contribution < 1.29 is 8.42 Å². The maximum Gasteiger partial charge on any atom is 0.147 e. The summed E-state index contributed by atoms with van der Waals surface area (Å²) in [5.74, 6) is 0.309. The van der Waals surface area contributed by atoms with Crippen molar-refractivity contribution in [2.45, 2.75) is 63.5 Å². The minimum absolute atomic E-state index is 0.172. The van der Waals surface area contributed by atoms with Crippen LogP contribution in [0.2, 0.25) is 0 Å². The molecule has 1 aliphatic heterocycles. The maximum atomic E-state index is 11.3. The van der Waals surface area contributed by atoms with Crippen LogP contribution < -0.4 is 5.32 Å². The lowest BCUT2D eigenvalue weighted by Gasteiger charge is -2.52. The molecule has 0 amide bonds. The lowest BCUT2D eigenvalue weighted by atomic mass is 9.85. The van der Waals surface area contributed by atoms with Crippen LogP contribution in [-0.4, -0.2) is 56.0 Å². The van der Waals surface area contributed by atoms with Gasteiger partial charge in [0.05, 0.1) is 5.75 Å². The second-order valence-corrected chi connectivity index (χ2v) is 9.36. The molecule has 5 heteroatoms. The van der Waals surface area contributed by atoms with Gasteiger partial charge < -0.3 is 5.32 Å². The van der Waals surface area contributed by atoms with Gasteiger partial charge in [0.1, 0.15) is 9.84 Å². The molecule has 0 aromatic heterocycles. The lowest BCUT2D eigenvalue weighted by molar-refractivity contribution is 0.0146. The van der Waals surface area contributed by atoms with E-state index < -0.39 is 9.84 Å². The molecule has 4 nitrogen and oxygen atoms in total. The largest absolute Gasteiger partial charge is 0.308 e. The van der Waals surface area contributed by atoms with Crippen molar-refractivity contribution in [1.82, 2.24) is 10.2 Å². The number of piperazine rings is 1. The standard InChI is InChI=1S/C15H30N2O2S/c1-4-14(2)12-16-15(8-5-6-9-15)13-17(14)10-7-11-20(3,18)19/h16H,4-13H2,1-3H3. The predicted molar refractivity (Wildman–Crippen MR) is 83.8 cm³/mol. The number of sulfone groups is 1. The van der Waals surface area contributed by atoms with Crippen molar-refractivity contribution in [3.05, 3.63) is 0 Å². The Morgan fingerprint density at radius 3 is 2.45 bits per heavy atom. The van der Waals surface area contributed by atoms with Gasteiger partial charge in [-0.15, -0.1) is 0 Å². The fourth-order valence-corrected chi connectivity index (χ4v) is 4.36. The molecule has 2 fully saturated rings. The molecule has 1 N–H and O–H groups in total. The van der Waals surface area contributed by atoms with Crippen LogP contribution in [-0.2, 0) is 9.84 Å². The van der Waals surface area contributed by atoms with Crippen molar-refractivity contribution in [2.24, 2.45) is 0 Å². The first-order valence-corrected chi connectivity index (χ1v) is 10.0. The van der Waals surface area contributed by atoms with E-state index in [1.165, 1.54) is 31.9 Å². The van der Waals surface area contributed by atoms with Crippen molar-refractivity contribution >= 4 is 9.84 Å². The van der Waals surface area contributed by atoms with E-state index in [-0.39, 0.29) is 5.54 Å². The van der Waals surface area contributed by atoms with Gasteiger partial charge >= 0.3 is 0 Å². The normalized spacial score (nSPS) is 30.9. The molecule has 20 heavy (non-hydrogen) atoms. The molecular formula is C15H30N2O2S. The number of nitrogens with one attached hydrogen (secondary N) is 1. The van der Waals surface area contributed by atoms with Crippen LogP contribution in [0.4, 0.5) is 0 Å². The van der Waals surface area contributed by atoms with Crippen LogP contribution in [0.25, 0.3) is 0 Å². The van der Waals surface area contributed by atoms with E-state index >= 15 is 0 Å². The van der Waals surface area contributed by atoms with Gasteiger partial charge in [-0.05, 0) is 39.2 Å². The SMILES string of the molecule is CCC1(C)CNC2(CCCC2)CN1CCCS(C)(=O)=O. The Hall–Kier alpha value is -0.130. The predicted octanol–water partition coefficient (Wildman–Crippen LogP) is 1.81. The van der Waals surface area contributed by atoms with Gasteiger partial charge in [-0.3, -0.25) is 4.90 Å². The third kappa shape index (κ3) is 3.74. The third-order valence-corrected chi connectivity index (χ3v) is 6.40. The molecule has 0 aromatic carbocycles. The number of rotatable bonds is 5. The van der Waals surface area contributed by atoms with Crippen LogP contribution in [0.3, 0.4) is 0 Å². The molecule has 1 spiro atoms. The summed E-state index contributed by atoms with van der Waals surface area (Å²) in [6.07, 6.45) is 8.40. The van der Waals surface area contributed by atoms with Crippen molar-refractivity contribution in [2.75, 3.05) is 31.6 Å². The smallest absolute Gasteiger partial charge is 0.147 e. The molecule has 1 unspecified atom stereocenters. The molecule has 1 saturated heterocycles. The van der Waals surface area contributed by atoms with Gasteiger partial charge in [-0.25, -0.2) is 8.42 Å². The van der Waals surface area contributed by atoms with Gasteiger partial charge in [0.25, 0.3) is 0 Å². The number of hydrogen-bond donors (Lipinski definition) is 1. The Bertz CT molecular complexity index is 429. The van der Waals surface area contributed by atoms with E-state index in [1.54, 1.807) is 0 Å². The molecule has 1 aliphatic carbocycles. The summed E-state index contributed by atoms with van der Waals surface area (Å²) in [4.78, 5) is 2.56. The van der Waals surface area contributed by atoms with Gasteiger partial charge in [0.2, 0.25) is 0 Å². The van der Waals surface area contributed by atoms with Crippen LogP contribution >= 0.6 is 0 Å². The van der Waals surface area contributed by atoms with Gasteiger partial charge in [-0.2, -0.15) is 0 Å². The first-order chi connectivity index (χ1) is 9.29. The average molecular weight is 302 g/mol. The zero-order valence-electron chi connectivity index (χ0n) is 13.2. The zero-order valence-corrected chi connectivity index (χ0v) is 14.1. The van der Waals surface area contributed by atoms with E-state index in [0.29, 0.717) is 11.3 Å². The summed E-state index contributed by atoms with van der Waals surface area (Å²) < 4.78 is 22.6. The average Bonchev–Trinajstić information content (AvgIpc) is 2.81. The fourth-order valence-electron chi connectivity index (χ4n) is 3.70. The van der Waals surface area contributed by atoms with Gasteiger partial charge in [-0.1, -0.05) is 19.8 Å². The molecule has 1 saturated carbocycles. The number of hydrogen-bond acceptors (Lipinski definition) is 4. The Balaban J connectivity index is 2.00. The van der Waals surface area contributed by atoms with Crippen LogP contribution in [0.15, 0.2) is 0 Å². The summed E-state index contributed by atoms with van der Waals surface area (Å²) in [5.41, 5.74) is 0.477. The quantitative estimate of drug-likeness (QED) is 0.841. The van der Waals surface area contributed by atoms with Crippen LogP contribution in [0, 0.1) is 0 Å². The lowest BCUT2D eigenvalue weighted by Crippen LogP contribution is -2.68. The Labute approximate surface area is 124 Å². The second-order valence-electron chi connectivity index (χ2n) is 7.10. The topological polar surface area (TPSA) is 49.4 Å². The summed E-state index contributed by atoms with van der Waals surface area (Å²) in [7, 11) is -2.84. The molecule has 1 atom stereocenters. The summed E-state index contributed by atoms with van der Waals surface area (Å²) in [5, 5.41) is 3.81. The van der Waals surface area contributed by atoms with E-state index in [9.17, 15) is 8.42 Å². The Morgan fingerprint density at radius 1 is 1.25 bits per heavy atom. The monoisotopic (exact) mass is 302 g/mol. The molecule has 0 bridgehead atoms. The second kappa shape index (κ2) is 5.93. The first kappa shape index (κ1) is 16.2. The van der Waals surface area contributed by atoms with E-state index in [4.69, 9.17) is 0 Å². The highest BCUT2D eigenvalue weighted by atomic mass is 32.2. The van der Waals surface area contributed by atoms with Crippen molar-refractivity contribution in [3.8, 4) is 0 Å². The molecule has 0 aromatic rings. The van der Waals surface area contributed by atoms with Crippen LogP contribution in [0.5, 0.6) is 0 Å². The molecule has 2 rings (SSSR count). The van der Waals surface area contributed by atoms with Gasteiger partial charge in [0, 0.05) is 30.4 Å². The first-order valence-electron chi connectivity index (χ1n) is 7.96. The molecular weight excluding hydrogens is 272 g/mol. The number of nitrogens with zero attached hydrogens (tertiary/aromatic N) is 1. The summed E-state index contributed by atoms with van der Waals surface area (Å²) in [6.45, 7) is 7.56. The summed E-state index contributed by atoms with van der Waals surface area (Å²) >= 11 is 0. The van der Waals surface area contributed by atoms with E-state index in [1.807, 2.05) is 0 Å². The highest BCUT2D eigenvalue weighted by molar-refractivity contribution is 7.90. The van der Waals surface area contributed by atoms with E-state index in [2.05, 4.69) is 24.1 Å². The van der Waals surface area contributed by atoms with Crippen molar-refractivity contribution in [1.29, 1.82) is 0 Å². The van der Waals surface area contributed by atoms with E-state index in [0.717, 1.165) is 32.5 Å². The highest BCUT2D eigenvalue weighted by Crippen LogP contribution is 2.36. The van der Waals surface area contributed by atoms with Gasteiger partial charge in [0.15, 0.2) is 0 Å². The van der Waals surface area contributed by atoms with Crippen molar-refractivity contribution in [3.63, 3.8) is 0 Å². The van der Waals surface area contributed by atoms with Crippen LogP contribution in [0.1, 0.15) is 52.4 Å². The molecule has 118 valence electrons. The Morgan fingerprint density at radius 2 is 1.90 bits per heavy atom. The Kier molecular flexibility index (Phi) is 4.82. The minimum Gasteiger partial charge on any atom is -0.308 e. The fraction of sp³-hybridized carbons (Fsp3) is 1.00. The third-order valence-electron chi connectivity index (χ3n) is 5.37. The zero-order chi connectivity index (χ0) is 14.9. The highest BCUT2D eigenvalue weighted by Gasteiger charge is 2.44.